The molecule has 1 fully saturated rings. The summed E-state index contributed by atoms with van der Waals surface area (Å²) in [5, 5.41) is 0. The highest BCUT2D eigenvalue weighted by Gasteiger charge is 2.44. The molecule has 170 valence electrons. The number of hydrogen-bond donors (Lipinski definition) is 0. The van der Waals surface area contributed by atoms with Crippen molar-refractivity contribution in [3.8, 4) is 11.5 Å². The fraction of sp³-hybridized carbons (Fsp3) is 0.348. The van der Waals surface area contributed by atoms with E-state index in [2.05, 4.69) is 0 Å². The van der Waals surface area contributed by atoms with Gasteiger partial charge in [0, 0.05) is 18.8 Å². The Balaban J connectivity index is 1.74. The zero-order valence-corrected chi connectivity index (χ0v) is 18.5. The normalized spacial score (nSPS) is 15.8. The molecule has 1 atom stereocenters. The molecule has 0 radical (unpaired) electrons. The molecule has 0 aliphatic carbocycles. The Kier molecular flexibility index (Phi) is 6.97. The number of carbonyl (C=O) groups is 3. The van der Waals surface area contributed by atoms with Crippen LogP contribution in [0.5, 0.6) is 11.5 Å². The van der Waals surface area contributed by atoms with E-state index in [0.29, 0.717) is 23.7 Å². The van der Waals surface area contributed by atoms with E-state index in [-0.39, 0.29) is 19.0 Å². The van der Waals surface area contributed by atoms with Crippen LogP contribution in [-0.4, -0.2) is 61.0 Å². The van der Waals surface area contributed by atoms with Crippen molar-refractivity contribution in [1.29, 1.82) is 0 Å². The molecule has 8 nitrogen and oxygen atoms in total. The van der Waals surface area contributed by atoms with Gasteiger partial charge in [0.05, 0.1) is 14.2 Å². The molecule has 0 spiro atoms. The molecule has 1 saturated heterocycles. The molecule has 1 aliphatic heterocycles. The number of urea groups is 1. The summed E-state index contributed by atoms with van der Waals surface area (Å²) >= 11 is 0. The van der Waals surface area contributed by atoms with E-state index in [1.807, 2.05) is 13.0 Å². The van der Waals surface area contributed by atoms with Crippen molar-refractivity contribution in [3.63, 3.8) is 0 Å². The van der Waals surface area contributed by atoms with E-state index in [1.165, 1.54) is 36.3 Å². The van der Waals surface area contributed by atoms with Gasteiger partial charge in [0.1, 0.15) is 18.4 Å². The van der Waals surface area contributed by atoms with Crippen LogP contribution in [0, 0.1) is 5.82 Å². The standard InChI is InChI=1S/C23H26FN3O5/c1-5-25(13-16-6-11-19(31-3)20(12-16)32-4)21(28)14-26-22(29)15(2)27(23(26)30)18-9-7-17(24)8-10-18/h6-12,15H,5,13-14H2,1-4H3. The number of benzene rings is 2. The van der Waals surface area contributed by atoms with Gasteiger partial charge in [-0.15, -0.1) is 0 Å². The van der Waals surface area contributed by atoms with E-state index in [0.717, 1.165) is 10.5 Å². The van der Waals surface area contributed by atoms with Crippen LogP contribution in [0.2, 0.25) is 0 Å². The smallest absolute Gasteiger partial charge is 0.332 e. The second-order valence-corrected chi connectivity index (χ2v) is 7.33. The van der Waals surface area contributed by atoms with Crippen LogP contribution in [0.25, 0.3) is 0 Å². The lowest BCUT2D eigenvalue weighted by Gasteiger charge is -2.24. The van der Waals surface area contributed by atoms with Gasteiger partial charge in [-0.2, -0.15) is 0 Å². The second kappa shape index (κ2) is 9.67. The van der Waals surface area contributed by atoms with Crippen LogP contribution < -0.4 is 14.4 Å². The van der Waals surface area contributed by atoms with Crippen molar-refractivity contribution in [3.05, 3.63) is 53.8 Å². The molecule has 0 aromatic heterocycles. The SMILES string of the molecule is CCN(Cc1ccc(OC)c(OC)c1)C(=O)CN1C(=O)C(C)N(c2ccc(F)cc2)C1=O. The van der Waals surface area contributed by atoms with Crippen molar-refractivity contribution in [2.24, 2.45) is 0 Å². The second-order valence-electron chi connectivity index (χ2n) is 7.33. The van der Waals surface area contributed by atoms with E-state index < -0.39 is 23.8 Å². The first kappa shape index (κ1) is 23.1. The Morgan fingerprint density at radius 2 is 1.72 bits per heavy atom. The molecule has 3 rings (SSSR count). The Hall–Kier alpha value is -3.62. The first-order chi connectivity index (χ1) is 15.3. The van der Waals surface area contributed by atoms with Gasteiger partial charge >= 0.3 is 6.03 Å². The number of ether oxygens (including phenoxy) is 2. The van der Waals surface area contributed by atoms with Crippen LogP contribution in [0.1, 0.15) is 19.4 Å². The average molecular weight is 443 g/mol. The molecule has 1 aliphatic rings. The number of amides is 4. The van der Waals surface area contributed by atoms with Crippen LogP contribution >= 0.6 is 0 Å². The topological polar surface area (TPSA) is 79.4 Å². The Morgan fingerprint density at radius 1 is 1.06 bits per heavy atom. The van der Waals surface area contributed by atoms with Crippen LogP contribution in [0.15, 0.2) is 42.5 Å². The minimum atomic E-state index is -0.790. The van der Waals surface area contributed by atoms with Crippen LogP contribution in [0.4, 0.5) is 14.9 Å². The summed E-state index contributed by atoms with van der Waals surface area (Å²) in [5.74, 6) is -0.164. The molecule has 1 heterocycles. The number of halogens is 1. The fourth-order valence-electron chi connectivity index (χ4n) is 3.62. The van der Waals surface area contributed by atoms with Gasteiger partial charge in [-0.25, -0.2) is 9.18 Å². The number of imide groups is 1. The average Bonchev–Trinajstić information content (AvgIpc) is 3.00. The van der Waals surface area contributed by atoms with E-state index in [9.17, 15) is 18.8 Å². The highest BCUT2D eigenvalue weighted by atomic mass is 19.1. The summed E-state index contributed by atoms with van der Waals surface area (Å²) in [7, 11) is 3.07. The minimum Gasteiger partial charge on any atom is -0.493 e. The van der Waals surface area contributed by atoms with Gasteiger partial charge in [-0.05, 0) is 55.8 Å². The number of methoxy groups -OCH3 is 2. The van der Waals surface area contributed by atoms with Gasteiger partial charge in [0.25, 0.3) is 5.91 Å². The third kappa shape index (κ3) is 4.51. The summed E-state index contributed by atoms with van der Waals surface area (Å²) in [6, 6.07) is 9.25. The predicted molar refractivity (Wildman–Crippen MR) is 116 cm³/mol. The highest BCUT2D eigenvalue weighted by molar-refractivity contribution is 6.15. The number of anilines is 1. The number of carbonyl (C=O) groups excluding carboxylic acids is 3. The van der Waals surface area contributed by atoms with E-state index in [1.54, 1.807) is 31.1 Å². The number of likely N-dealkylation sites (N-methyl/N-ethyl adjacent to an activating group) is 1. The molecular formula is C23H26FN3O5. The van der Waals surface area contributed by atoms with Crippen LogP contribution in [0.3, 0.4) is 0 Å². The number of nitrogens with zero attached hydrogens (tertiary/aromatic N) is 3. The van der Waals surface area contributed by atoms with Crippen molar-refractivity contribution >= 4 is 23.5 Å². The minimum absolute atomic E-state index is 0.281. The Labute approximate surface area is 186 Å². The zero-order valence-electron chi connectivity index (χ0n) is 18.5. The summed E-state index contributed by atoms with van der Waals surface area (Å²) in [5.41, 5.74) is 1.21. The van der Waals surface area contributed by atoms with Crippen molar-refractivity contribution in [2.45, 2.75) is 26.4 Å². The summed E-state index contributed by atoms with van der Waals surface area (Å²) in [6.07, 6.45) is 0. The first-order valence-electron chi connectivity index (χ1n) is 10.2. The summed E-state index contributed by atoms with van der Waals surface area (Å²) in [4.78, 5) is 42.3. The van der Waals surface area contributed by atoms with E-state index >= 15 is 0 Å². The maximum atomic E-state index is 13.2. The van der Waals surface area contributed by atoms with Gasteiger partial charge in [-0.1, -0.05) is 6.07 Å². The third-order valence-electron chi connectivity index (χ3n) is 5.40. The molecule has 2 aromatic carbocycles. The lowest BCUT2D eigenvalue weighted by Crippen LogP contribution is -2.43. The monoisotopic (exact) mass is 443 g/mol. The molecule has 4 amide bonds. The van der Waals surface area contributed by atoms with Crippen molar-refractivity contribution in [1.82, 2.24) is 9.80 Å². The van der Waals surface area contributed by atoms with Crippen LogP contribution in [-0.2, 0) is 16.1 Å². The molecular weight excluding hydrogens is 417 g/mol. The zero-order chi connectivity index (χ0) is 23.4. The van der Waals surface area contributed by atoms with Crippen molar-refractivity contribution in [2.75, 3.05) is 32.2 Å². The lowest BCUT2D eigenvalue weighted by atomic mass is 10.2. The van der Waals surface area contributed by atoms with Gasteiger partial charge in [-0.3, -0.25) is 19.4 Å². The van der Waals surface area contributed by atoms with Gasteiger partial charge < -0.3 is 14.4 Å². The van der Waals surface area contributed by atoms with Gasteiger partial charge in [0.15, 0.2) is 11.5 Å². The largest absolute Gasteiger partial charge is 0.493 e. The molecule has 0 saturated carbocycles. The fourth-order valence-corrected chi connectivity index (χ4v) is 3.62. The molecule has 0 N–H and O–H groups in total. The Morgan fingerprint density at radius 3 is 2.31 bits per heavy atom. The maximum absolute atomic E-state index is 13.2. The molecule has 0 bridgehead atoms. The summed E-state index contributed by atoms with van der Waals surface area (Å²) in [6.45, 7) is 3.69. The molecule has 2 aromatic rings. The first-order valence-corrected chi connectivity index (χ1v) is 10.2. The Bertz CT molecular complexity index is 1010. The molecule has 32 heavy (non-hydrogen) atoms. The predicted octanol–water partition coefficient (Wildman–Crippen LogP) is 3.05. The van der Waals surface area contributed by atoms with Gasteiger partial charge in [0.2, 0.25) is 5.91 Å². The number of rotatable bonds is 8. The third-order valence-corrected chi connectivity index (χ3v) is 5.40. The lowest BCUT2D eigenvalue weighted by molar-refractivity contribution is -0.137. The summed E-state index contributed by atoms with van der Waals surface area (Å²) < 4.78 is 23.8. The molecule has 9 heteroatoms. The highest BCUT2D eigenvalue weighted by Crippen LogP contribution is 2.29. The quantitative estimate of drug-likeness (QED) is 0.586. The number of hydrogen-bond acceptors (Lipinski definition) is 5. The maximum Gasteiger partial charge on any atom is 0.332 e. The molecule has 1 unspecified atom stereocenters. The van der Waals surface area contributed by atoms with E-state index in [4.69, 9.17) is 9.47 Å². The van der Waals surface area contributed by atoms with Crippen molar-refractivity contribution < 1.29 is 28.2 Å².